The van der Waals surface area contributed by atoms with Crippen LogP contribution in [0, 0.1) is 0 Å². The number of aromatic nitrogens is 3. The molecule has 0 atom stereocenters. The summed E-state index contributed by atoms with van der Waals surface area (Å²) in [6.07, 6.45) is 1.99. The summed E-state index contributed by atoms with van der Waals surface area (Å²) in [7, 11) is 1.70. The molecule has 0 unspecified atom stereocenters. The Morgan fingerprint density at radius 3 is 2.95 bits per heavy atom. The van der Waals surface area contributed by atoms with Crippen molar-refractivity contribution in [3.8, 4) is 0 Å². The van der Waals surface area contributed by atoms with Gasteiger partial charge in [-0.3, -0.25) is 4.68 Å². The van der Waals surface area contributed by atoms with Gasteiger partial charge in [0.2, 0.25) is 0 Å². The van der Waals surface area contributed by atoms with Crippen LogP contribution in [0.15, 0.2) is 41.4 Å². The molecule has 0 aliphatic rings. The third-order valence-corrected chi connectivity index (χ3v) is 3.70. The maximum atomic E-state index is 4.97. The lowest BCUT2D eigenvalue weighted by atomic mass is 10.4. The Morgan fingerprint density at radius 1 is 1.30 bits per heavy atom. The molecule has 20 heavy (non-hydrogen) atoms. The van der Waals surface area contributed by atoms with Crippen molar-refractivity contribution in [2.24, 2.45) is 0 Å². The van der Waals surface area contributed by atoms with Crippen LogP contribution in [-0.4, -0.2) is 41.0 Å². The van der Waals surface area contributed by atoms with Gasteiger partial charge in [-0.2, -0.15) is 0 Å². The van der Waals surface area contributed by atoms with Crippen molar-refractivity contribution < 1.29 is 4.74 Å². The first-order valence-corrected chi connectivity index (χ1v) is 7.63. The summed E-state index contributed by atoms with van der Waals surface area (Å²) >= 11 is 1.83. The van der Waals surface area contributed by atoms with Gasteiger partial charge in [-0.05, 0) is 12.1 Å². The summed E-state index contributed by atoms with van der Waals surface area (Å²) in [5.74, 6) is 0.990. The molecule has 2 rings (SSSR count). The SMILES string of the molecule is COCCNCc1cn(CCSc2ccccc2)nn1. The number of thioether (sulfide) groups is 1. The van der Waals surface area contributed by atoms with Crippen molar-refractivity contribution in [2.45, 2.75) is 18.0 Å². The molecule has 5 nitrogen and oxygen atoms in total. The van der Waals surface area contributed by atoms with Crippen LogP contribution in [-0.2, 0) is 17.8 Å². The average Bonchev–Trinajstić information content (AvgIpc) is 2.93. The van der Waals surface area contributed by atoms with E-state index in [4.69, 9.17) is 4.74 Å². The average molecular weight is 292 g/mol. The van der Waals surface area contributed by atoms with Crippen molar-refractivity contribution in [3.63, 3.8) is 0 Å². The molecule has 0 fully saturated rings. The lowest BCUT2D eigenvalue weighted by Crippen LogP contribution is -2.18. The number of rotatable bonds is 9. The summed E-state index contributed by atoms with van der Waals surface area (Å²) in [6, 6.07) is 10.4. The fraction of sp³-hybridized carbons (Fsp3) is 0.429. The molecule has 0 aliphatic carbocycles. The molecule has 108 valence electrons. The van der Waals surface area contributed by atoms with Crippen LogP contribution in [0.4, 0.5) is 0 Å². The largest absolute Gasteiger partial charge is 0.383 e. The number of ether oxygens (including phenoxy) is 1. The van der Waals surface area contributed by atoms with E-state index in [1.54, 1.807) is 7.11 Å². The standard InChI is InChI=1S/C14H20N4OS/c1-19-9-7-15-11-13-12-18(17-16-13)8-10-20-14-5-3-2-4-6-14/h2-6,12,15H,7-11H2,1H3. The maximum absolute atomic E-state index is 4.97. The Morgan fingerprint density at radius 2 is 2.15 bits per heavy atom. The monoisotopic (exact) mass is 292 g/mol. The van der Waals surface area contributed by atoms with E-state index in [0.29, 0.717) is 6.61 Å². The Bertz CT molecular complexity index is 489. The number of hydrogen-bond donors (Lipinski definition) is 1. The molecule has 1 heterocycles. The second kappa shape index (κ2) is 8.73. The predicted molar refractivity (Wildman–Crippen MR) is 80.8 cm³/mol. The van der Waals surface area contributed by atoms with E-state index in [1.807, 2.05) is 28.7 Å². The number of hydrogen-bond acceptors (Lipinski definition) is 5. The van der Waals surface area contributed by atoms with Crippen molar-refractivity contribution in [2.75, 3.05) is 26.0 Å². The third kappa shape index (κ3) is 5.32. The fourth-order valence-corrected chi connectivity index (χ4v) is 2.56. The molecule has 0 amide bonds. The summed E-state index contributed by atoms with van der Waals surface area (Å²) in [4.78, 5) is 1.29. The van der Waals surface area contributed by atoms with Gasteiger partial charge in [0.25, 0.3) is 0 Å². The van der Waals surface area contributed by atoms with Crippen LogP contribution in [0.1, 0.15) is 5.69 Å². The molecule has 0 radical (unpaired) electrons. The molecule has 0 bridgehead atoms. The van der Waals surface area contributed by atoms with Crippen molar-refractivity contribution in [1.29, 1.82) is 0 Å². The topological polar surface area (TPSA) is 52.0 Å². The Labute approximate surface area is 123 Å². The lowest BCUT2D eigenvalue weighted by molar-refractivity contribution is 0.199. The first-order chi connectivity index (χ1) is 9.88. The van der Waals surface area contributed by atoms with Crippen molar-refractivity contribution in [3.05, 3.63) is 42.2 Å². The zero-order valence-corrected chi connectivity index (χ0v) is 12.5. The Hall–Kier alpha value is -1.37. The Balaban J connectivity index is 1.67. The number of nitrogens with zero attached hydrogens (tertiary/aromatic N) is 3. The normalized spacial score (nSPS) is 10.8. The fourth-order valence-electron chi connectivity index (χ4n) is 1.69. The van der Waals surface area contributed by atoms with Gasteiger partial charge >= 0.3 is 0 Å². The van der Waals surface area contributed by atoms with Crippen LogP contribution in [0.2, 0.25) is 0 Å². The molecule has 6 heteroatoms. The lowest BCUT2D eigenvalue weighted by Gasteiger charge is -2.01. The number of methoxy groups -OCH3 is 1. The molecular weight excluding hydrogens is 272 g/mol. The highest BCUT2D eigenvalue weighted by Gasteiger charge is 2.00. The van der Waals surface area contributed by atoms with Crippen LogP contribution in [0.25, 0.3) is 0 Å². The van der Waals surface area contributed by atoms with Crippen molar-refractivity contribution >= 4 is 11.8 Å². The van der Waals surface area contributed by atoms with E-state index < -0.39 is 0 Å². The van der Waals surface area contributed by atoms with Gasteiger partial charge in [0, 0.05) is 37.0 Å². The van der Waals surface area contributed by atoms with Crippen LogP contribution < -0.4 is 5.32 Å². The quantitative estimate of drug-likeness (QED) is 0.564. The van der Waals surface area contributed by atoms with Gasteiger partial charge in [0.1, 0.15) is 0 Å². The number of nitrogens with one attached hydrogen (secondary N) is 1. The van der Waals surface area contributed by atoms with E-state index in [-0.39, 0.29) is 0 Å². The summed E-state index contributed by atoms with van der Waals surface area (Å²) in [6.45, 7) is 3.13. The highest BCUT2D eigenvalue weighted by atomic mass is 32.2. The summed E-state index contributed by atoms with van der Waals surface area (Å²) in [5, 5.41) is 11.5. The molecule has 1 aromatic carbocycles. The molecule has 0 spiro atoms. The molecule has 0 saturated heterocycles. The molecule has 1 aromatic heterocycles. The number of benzene rings is 1. The second-order valence-electron chi connectivity index (χ2n) is 4.30. The zero-order valence-electron chi connectivity index (χ0n) is 11.7. The van der Waals surface area contributed by atoms with Gasteiger partial charge in [0.05, 0.1) is 18.8 Å². The first kappa shape index (κ1) is 15.0. The smallest absolute Gasteiger partial charge is 0.0964 e. The minimum atomic E-state index is 0.710. The van der Waals surface area contributed by atoms with Gasteiger partial charge in [-0.1, -0.05) is 23.4 Å². The van der Waals surface area contributed by atoms with Gasteiger partial charge < -0.3 is 10.1 Å². The molecule has 1 N–H and O–H groups in total. The Kier molecular flexibility index (Phi) is 6.56. The highest BCUT2D eigenvalue weighted by molar-refractivity contribution is 7.99. The van der Waals surface area contributed by atoms with Crippen LogP contribution >= 0.6 is 11.8 Å². The van der Waals surface area contributed by atoms with Gasteiger partial charge in [0.15, 0.2) is 0 Å². The third-order valence-electron chi connectivity index (χ3n) is 2.71. The predicted octanol–water partition coefficient (Wildman–Crippen LogP) is 1.81. The highest BCUT2D eigenvalue weighted by Crippen LogP contribution is 2.16. The van der Waals surface area contributed by atoms with E-state index in [0.717, 1.165) is 31.1 Å². The summed E-state index contributed by atoms with van der Waals surface area (Å²) < 4.78 is 6.87. The number of aryl methyl sites for hydroxylation is 1. The summed E-state index contributed by atoms with van der Waals surface area (Å²) in [5.41, 5.74) is 0.964. The zero-order chi connectivity index (χ0) is 14.0. The first-order valence-electron chi connectivity index (χ1n) is 6.65. The van der Waals surface area contributed by atoms with E-state index in [1.165, 1.54) is 4.90 Å². The van der Waals surface area contributed by atoms with Crippen molar-refractivity contribution in [1.82, 2.24) is 20.3 Å². The van der Waals surface area contributed by atoms with Gasteiger partial charge in [-0.25, -0.2) is 0 Å². The maximum Gasteiger partial charge on any atom is 0.0964 e. The molecular formula is C14H20N4OS. The minimum absolute atomic E-state index is 0.710. The van der Waals surface area contributed by atoms with E-state index in [2.05, 4.69) is 39.9 Å². The van der Waals surface area contributed by atoms with E-state index in [9.17, 15) is 0 Å². The molecule has 2 aromatic rings. The second-order valence-corrected chi connectivity index (χ2v) is 5.47. The minimum Gasteiger partial charge on any atom is -0.383 e. The van der Waals surface area contributed by atoms with Crippen LogP contribution in [0.5, 0.6) is 0 Å². The molecule has 0 aliphatic heterocycles. The molecule has 0 saturated carbocycles. The van der Waals surface area contributed by atoms with Gasteiger partial charge in [-0.15, -0.1) is 16.9 Å². The van der Waals surface area contributed by atoms with E-state index >= 15 is 0 Å². The van der Waals surface area contributed by atoms with Crippen LogP contribution in [0.3, 0.4) is 0 Å².